The van der Waals surface area contributed by atoms with Crippen LogP contribution in [0.2, 0.25) is 0 Å². The third-order valence-corrected chi connectivity index (χ3v) is 3.38. The summed E-state index contributed by atoms with van der Waals surface area (Å²) in [7, 11) is 2.01. The maximum Gasteiger partial charge on any atom is 0.0769 e. The predicted octanol–water partition coefficient (Wildman–Crippen LogP) is 3.71. The Kier molecular flexibility index (Phi) is 6.99. The molecule has 18 heavy (non-hydrogen) atoms. The van der Waals surface area contributed by atoms with Crippen molar-refractivity contribution in [1.29, 1.82) is 0 Å². The first-order valence-electron chi connectivity index (χ1n) is 7.14. The Morgan fingerprint density at radius 2 is 1.78 bits per heavy atom. The number of nitrogens with one attached hydrogen (secondary N) is 1. The van der Waals surface area contributed by atoms with Crippen LogP contribution in [-0.2, 0) is 11.2 Å². The molecule has 0 spiro atoms. The largest absolute Gasteiger partial charge is 0.377 e. The molecule has 0 aliphatic carbocycles. The molecule has 0 amide bonds. The topological polar surface area (TPSA) is 21.3 Å². The van der Waals surface area contributed by atoms with Crippen molar-refractivity contribution in [2.24, 2.45) is 0 Å². The normalized spacial score (nSPS) is 14.4. The van der Waals surface area contributed by atoms with Gasteiger partial charge < -0.3 is 10.1 Å². The number of rotatable bonds is 8. The smallest absolute Gasteiger partial charge is 0.0769 e. The Morgan fingerprint density at radius 3 is 2.22 bits per heavy atom. The van der Waals surface area contributed by atoms with Crippen molar-refractivity contribution in [1.82, 2.24) is 5.32 Å². The summed E-state index contributed by atoms with van der Waals surface area (Å²) in [6.45, 7) is 7.23. The lowest BCUT2D eigenvalue weighted by atomic mass is 9.97. The van der Waals surface area contributed by atoms with Gasteiger partial charge in [-0.2, -0.15) is 0 Å². The fraction of sp³-hybridized carbons (Fsp3) is 0.625. The molecule has 0 bridgehead atoms. The van der Waals surface area contributed by atoms with Gasteiger partial charge in [-0.15, -0.1) is 0 Å². The van der Waals surface area contributed by atoms with Gasteiger partial charge in [0.05, 0.1) is 12.1 Å². The number of hydrogen-bond acceptors (Lipinski definition) is 2. The molecule has 1 aromatic carbocycles. The molecule has 2 nitrogen and oxygen atoms in total. The van der Waals surface area contributed by atoms with Gasteiger partial charge in [0.25, 0.3) is 0 Å². The van der Waals surface area contributed by atoms with Crippen molar-refractivity contribution >= 4 is 0 Å². The molecule has 2 heteroatoms. The molecule has 0 fully saturated rings. The Morgan fingerprint density at radius 1 is 1.11 bits per heavy atom. The maximum absolute atomic E-state index is 5.88. The van der Waals surface area contributed by atoms with Gasteiger partial charge in [-0.05, 0) is 37.9 Å². The standard InChI is InChI=1S/C16H27NO/c1-5-8-15(18-7-3)16(17-4)14-11-9-13(6-2)10-12-14/h9-12,15-17H,5-8H2,1-4H3. The van der Waals surface area contributed by atoms with Crippen LogP contribution in [0.3, 0.4) is 0 Å². The minimum absolute atomic E-state index is 0.262. The molecule has 0 heterocycles. The SMILES string of the molecule is CCCC(OCC)C(NC)c1ccc(CC)cc1. The lowest BCUT2D eigenvalue weighted by Gasteiger charge is -2.27. The molecular formula is C16H27NO. The molecule has 0 aliphatic rings. The zero-order chi connectivity index (χ0) is 13.4. The van der Waals surface area contributed by atoms with Crippen LogP contribution >= 0.6 is 0 Å². The van der Waals surface area contributed by atoms with Gasteiger partial charge in [0, 0.05) is 6.61 Å². The fourth-order valence-corrected chi connectivity index (χ4v) is 2.37. The molecule has 1 aromatic rings. The lowest BCUT2D eigenvalue weighted by Crippen LogP contribution is -2.31. The minimum Gasteiger partial charge on any atom is -0.377 e. The van der Waals surface area contributed by atoms with Gasteiger partial charge in [0.1, 0.15) is 0 Å². The number of ether oxygens (including phenoxy) is 1. The molecular weight excluding hydrogens is 222 g/mol. The highest BCUT2D eigenvalue weighted by molar-refractivity contribution is 5.25. The van der Waals surface area contributed by atoms with Crippen molar-refractivity contribution in [2.75, 3.05) is 13.7 Å². The first-order valence-corrected chi connectivity index (χ1v) is 7.14. The summed E-state index contributed by atoms with van der Waals surface area (Å²) < 4.78 is 5.88. The second-order valence-electron chi connectivity index (χ2n) is 4.64. The maximum atomic E-state index is 5.88. The predicted molar refractivity (Wildman–Crippen MR) is 77.9 cm³/mol. The van der Waals surface area contributed by atoms with Crippen molar-refractivity contribution in [2.45, 2.75) is 52.2 Å². The van der Waals surface area contributed by atoms with Crippen LogP contribution in [0, 0.1) is 0 Å². The minimum atomic E-state index is 0.262. The monoisotopic (exact) mass is 249 g/mol. The van der Waals surface area contributed by atoms with Crippen LogP contribution < -0.4 is 5.32 Å². The molecule has 0 saturated heterocycles. The number of hydrogen-bond donors (Lipinski definition) is 1. The van der Waals surface area contributed by atoms with E-state index in [2.05, 4.69) is 50.4 Å². The van der Waals surface area contributed by atoms with Crippen LogP contribution in [0.15, 0.2) is 24.3 Å². The first-order chi connectivity index (χ1) is 8.76. The Balaban J connectivity index is 2.83. The highest BCUT2D eigenvalue weighted by atomic mass is 16.5. The molecule has 0 aliphatic heterocycles. The zero-order valence-corrected chi connectivity index (χ0v) is 12.2. The number of likely N-dealkylation sites (N-methyl/N-ethyl adjacent to an activating group) is 1. The van der Waals surface area contributed by atoms with E-state index in [0.717, 1.165) is 25.9 Å². The molecule has 1 N–H and O–H groups in total. The fourth-order valence-electron chi connectivity index (χ4n) is 2.37. The Bertz CT molecular complexity index is 314. The molecule has 0 radical (unpaired) electrons. The summed E-state index contributed by atoms with van der Waals surface area (Å²) in [5.74, 6) is 0. The van der Waals surface area contributed by atoms with Gasteiger partial charge in [0.15, 0.2) is 0 Å². The lowest BCUT2D eigenvalue weighted by molar-refractivity contribution is 0.0295. The third-order valence-electron chi connectivity index (χ3n) is 3.38. The number of aryl methyl sites for hydroxylation is 1. The summed E-state index contributed by atoms with van der Waals surface area (Å²) in [4.78, 5) is 0. The van der Waals surface area contributed by atoms with Crippen LogP contribution in [0.25, 0.3) is 0 Å². The molecule has 0 saturated carbocycles. The number of benzene rings is 1. The summed E-state index contributed by atoms with van der Waals surface area (Å²) in [6, 6.07) is 9.17. The van der Waals surface area contributed by atoms with E-state index in [1.165, 1.54) is 11.1 Å². The van der Waals surface area contributed by atoms with E-state index in [0.29, 0.717) is 0 Å². The van der Waals surface area contributed by atoms with Gasteiger partial charge >= 0.3 is 0 Å². The van der Waals surface area contributed by atoms with Crippen LogP contribution in [-0.4, -0.2) is 19.8 Å². The van der Waals surface area contributed by atoms with E-state index in [4.69, 9.17) is 4.74 Å². The molecule has 1 rings (SSSR count). The first kappa shape index (κ1) is 15.2. The van der Waals surface area contributed by atoms with Gasteiger partial charge in [-0.3, -0.25) is 0 Å². The van der Waals surface area contributed by atoms with Crippen LogP contribution in [0.1, 0.15) is 50.8 Å². The summed E-state index contributed by atoms with van der Waals surface area (Å²) >= 11 is 0. The van der Waals surface area contributed by atoms with E-state index in [9.17, 15) is 0 Å². The Labute approximate surface area is 112 Å². The molecule has 102 valence electrons. The van der Waals surface area contributed by atoms with E-state index in [1.807, 2.05) is 7.05 Å². The second-order valence-corrected chi connectivity index (χ2v) is 4.64. The van der Waals surface area contributed by atoms with Gasteiger partial charge in [-0.25, -0.2) is 0 Å². The Hall–Kier alpha value is -0.860. The molecule has 2 unspecified atom stereocenters. The van der Waals surface area contributed by atoms with E-state index in [-0.39, 0.29) is 12.1 Å². The zero-order valence-electron chi connectivity index (χ0n) is 12.2. The average molecular weight is 249 g/mol. The second kappa shape index (κ2) is 8.28. The van der Waals surface area contributed by atoms with E-state index >= 15 is 0 Å². The molecule has 2 atom stereocenters. The van der Waals surface area contributed by atoms with Gasteiger partial charge in [0.2, 0.25) is 0 Å². The quantitative estimate of drug-likeness (QED) is 0.758. The van der Waals surface area contributed by atoms with E-state index < -0.39 is 0 Å². The molecule has 0 aromatic heterocycles. The highest BCUT2D eigenvalue weighted by Crippen LogP contribution is 2.23. The van der Waals surface area contributed by atoms with Crippen LogP contribution in [0.5, 0.6) is 0 Å². The van der Waals surface area contributed by atoms with Crippen molar-refractivity contribution in [3.05, 3.63) is 35.4 Å². The summed E-state index contributed by atoms with van der Waals surface area (Å²) in [5.41, 5.74) is 2.71. The van der Waals surface area contributed by atoms with Crippen LogP contribution in [0.4, 0.5) is 0 Å². The van der Waals surface area contributed by atoms with Crippen molar-refractivity contribution in [3.63, 3.8) is 0 Å². The third kappa shape index (κ3) is 4.11. The highest BCUT2D eigenvalue weighted by Gasteiger charge is 2.21. The van der Waals surface area contributed by atoms with Crippen molar-refractivity contribution in [3.8, 4) is 0 Å². The summed E-state index contributed by atoms with van der Waals surface area (Å²) in [6.07, 6.45) is 3.59. The average Bonchev–Trinajstić information content (AvgIpc) is 2.41. The summed E-state index contributed by atoms with van der Waals surface area (Å²) in [5, 5.41) is 3.40. The van der Waals surface area contributed by atoms with E-state index in [1.54, 1.807) is 0 Å². The van der Waals surface area contributed by atoms with Gasteiger partial charge in [-0.1, -0.05) is 44.5 Å². The van der Waals surface area contributed by atoms with Crippen molar-refractivity contribution < 1.29 is 4.74 Å².